The molecular formula is C93H101N5. The minimum absolute atomic E-state index is 0.117. The van der Waals surface area contributed by atoms with E-state index < -0.39 is 0 Å². The molecule has 0 saturated heterocycles. The fourth-order valence-corrected chi connectivity index (χ4v) is 15.2. The molecule has 14 rings (SSSR count). The Hall–Kier alpha value is -9.11. The van der Waals surface area contributed by atoms with Crippen LogP contribution in [0.1, 0.15) is 216 Å². The van der Waals surface area contributed by atoms with Crippen LogP contribution in [0.5, 0.6) is 0 Å². The Balaban J connectivity index is 1.34. The Morgan fingerprint density at radius 2 is 0.408 bits per heavy atom. The smallest absolute Gasteiger partial charge is 0.0991 e. The molecule has 5 nitrogen and oxygen atoms in total. The van der Waals surface area contributed by atoms with Crippen molar-refractivity contribution in [3.8, 4) is 39.9 Å². The molecule has 0 aliphatic rings. The molecule has 4 heterocycles. The van der Waals surface area contributed by atoms with Gasteiger partial charge in [-0.2, -0.15) is 5.26 Å². The molecule has 0 radical (unpaired) electrons. The first-order valence-corrected chi connectivity index (χ1v) is 35.7. The summed E-state index contributed by atoms with van der Waals surface area (Å²) in [6, 6.07) is 71.9. The normalized spacial score (nSPS) is 13.5. The minimum atomic E-state index is -0.126. The van der Waals surface area contributed by atoms with E-state index in [4.69, 9.17) is 0 Å². The SMILES string of the molecule is CC(C)(C)c1ccc2c(c1)c1cc(C(C)(C)C)ccc1n2-c1cc(-n2c3ccc(C(C)(C)C)cc3c3cc(C(C)(C)C)ccc32)c(-n2c3ccc(C(C)(C)C)cc3c3cc(C(C)(C)C)ccc32)c(-c2ccc(C#N)cc2)c1-n1c2ccc(C(C)(C)C)cc2c2cc(C(C)(C)C)ccc21. The molecule has 0 aliphatic carbocycles. The predicted octanol–water partition coefficient (Wildman–Crippen LogP) is 26.0. The Bertz CT molecular complexity index is 5070. The second kappa shape index (κ2) is 21.9. The lowest BCUT2D eigenvalue weighted by Gasteiger charge is -2.28. The van der Waals surface area contributed by atoms with Crippen LogP contribution in [0.25, 0.3) is 121 Å². The number of rotatable bonds is 5. The van der Waals surface area contributed by atoms with Gasteiger partial charge in [-0.1, -0.05) is 227 Å². The van der Waals surface area contributed by atoms with Gasteiger partial charge in [-0.3, -0.25) is 0 Å². The van der Waals surface area contributed by atoms with Gasteiger partial charge in [-0.15, -0.1) is 0 Å². The molecule has 0 N–H and O–H groups in total. The molecule has 0 bridgehead atoms. The molecule has 0 amide bonds. The maximum Gasteiger partial charge on any atom is 0.0991 e. The van der Waals surface area contributed by atoms with E-state index in [1.807, 2.05) is 12.1 Å². The van der Waals surface area contributed by atoms with E-state index in [0.29, 0.717) is 5.56 Å². The molecule has 10 aromatic carbocycles. The van der Waals surface area contributed by atoms with Crippen LogP contribution in [0, 0.1) is 11.3 Å². The molecule has 0 saturated carbocycles. The number of fused-ring (bicyclic) bond motifs is 12. The number of aromatic nitrogens is 4. The highest BCUT2D eigenvalue weighted by Crippen LogP contribution is 2.52. The van der Waals surface area contributed by atoms with Crippen molar-refractivity contribution in [1.29, 1.82) is 5.26 Å². The van der Waals surface area contributed by atoms with Crippen LogP contribution < -0.4 is 0 Å². The van der Waals surface area contributed by atoms with E-state index in [0.717, 1.165) is 78.0 Å². The fourth-order valence-electron chi connectivity index (χ4n) is 15.2. The third-order valence-corrected chi connectivity index (χ3v) is 21.5. The van der Waals surface area contributed by atoms with Crippen molar-refractivity contribution >= 4 is 87.2 Å². The van der Waals surface area contributed by atoms with E-state index in [1.54, 1.807) is 0 Å². The first kappa shape index (κ1) is 66.1. The third-order valence-electron chi connectivity index (χ3n) is 21.5. The van der Waals surface area contributed by atoms with Crippen LogP contribution in [0.15, 0.2) is 176 Å². The van der Waals surface area contributed by atoms with Crippen molar-refractivity contribution in [2.75, 3.05) is 0 Å². The summed E-state index contributed by atoms with van der Waals surface area (Å²) in [5.41, 5.74) is 25.1. The zero-order valence-corrected chi connectivity index (χ0v) is 63.0. The van der Waals surface area contributed by atoms with E-state index in [-0.39, 0.29) is 43.3 Å². The average molecular weight is 1290 g/mol. The molecule has 98 heavy (non-hydrogen) atoms. The van der Waals surface area contributed by atoms with Crippen molar-refractivity contribution in [2.24, 2.45) is 0 Å². The molecule has 4 aromatic heterocycles. The van der Waals surface area contributed by atoms with Crippen molar-refractivity contribution in [3.05, 3.63) is 226 Å². The van der Waals surface area contributed by atoms with Gasteiger partial charge < -0.3 is 18.3 Å². The van der Waals surface area contributed by atoms with Gasteiger partial charge in [0, 0.05) is 48.7 Å². The molecule has 14 aromatic rings. The number of nitrogens with zero attached hydrogens (tertiary/aromatic N) is 5. The van der Waals surface area contributed by atoms with Crippen LogP contribution in [0.2, 0.25) is 0 Å². The highest BCUT2D eigenvalue weighted by atomic mass is 15.1. The largest absolute Gasteiger partial charge is 0.307 e. The summed E-state index contributed by atoms with van der Waals surface area (Å²) in [6.45, 7) is 56.0. The lowest BCUT2D eigenvalue weighted by atomic mass is 9.85. The molecular weight excluding hydrogens is 1190 g/mol. The zero-order valence-electron chi connectivity index (χ0n) is 63.0. The van der Waals surface area contributed by atoms with E-state index in [9.17, 15) is 5.26 Å². The summed E-state index contributed by atoms with van der Waals surface area (Å²) in [6.07, 6.45) is 0. The molecule has 0 atom stereocenters. The molecule has 0 aliphatic heterocycles. The van der Waals surface area contributed by atoms with Crippen LogP contribution in [-0.4, -0.2) is 18.3 Å². The Morgan fingerprint density at radius 1 is 0.224 bits per heavy atom. The highest BCUT2D eigenvalue weighted by Gasteiger charge is 2.35. The van der Waals surface area contributed by atoms with Gasteiger partial charge in [0.25, 0.3) is 0 Å². The van der Waals surface area contributed by atoms with Gasteiger partial charge in [0.2, 0.25) is 0 Å². The maximum absolute atomic E-state index is 10.9. The lowest BCUT2D eigenvalue weighted by Crippen LogP contribution is -2.14. The van der Waals surface area contributed by atoms with Crippen molar-refractivity contribution in [1.82, 2.24) is 18.3 Å². The molecule has 0 spiro atoms. The summed E-state index contributed by atoms with van der Waals surface area (Å²) in [5.74, 6) is 0. The second-order valence-electron chi connectivity index (χ2n) is 36.9. The molecule has 0 fully saturated rings. The number of hydrogen-bond donors (Lipinski definition) is 0. The first-order valence-electron chi connectivity index (χ1n) is 35.7. The maximum atomic E-state index is 10.9. The van der Waals surface area contributed by atoms with Crippen molar-refractivity contribution in [2.45, 2.75) is 209 Å². The number of nitriles is 1. The Morgan fingerprint density at radius 3 is 0.582 bits per heavy atom. The van der Waals surface area contributed by atoms with Crippen LogP contribution in [0.3, 0.4) is 0 Å². The molecule has 498 valence electrons. The van der Waals surface area contributed by atoms with Gasteiger partial charge in [-0.25, -0.2) is 0 Å². The van der Waals surface area contributed by atoms with E-state index in [2.05, 4.69) is 354 Å². The summed E-state index contributed by atoms with van der Waals surface area (Å²) in [4.78, 5) is 0. The van der Waals surface area contributed by atoms with Gasteiger partial charge in [-0.05, 0) is 209 Å². The van der Waals surface area contributed by atoms with Crippen LogP contribution in [-0.2, 0) is 43.3 Å². The first-order chi connectivity index (χ1) is 45.6. The van der Waals surface area contributed by atoms with Crippen molar-refractivity contribution in [3.63, 3.8) is 0 Å². The lowest BCUT2D eigenvalue weighted by molar-refractivity contribution is 0.590. The predicted molar refractivity (Wildman–Crippen MR) is 424 cm³/mol. The van der Waals surface area contributed by atoms with E-state index >= 15 is 0 Å². The average Bonchev–Trinajstić information content (AvgIpc) is 1.52. The summed E-state index contributed by atoms with van der Waals surface area (Å²) in [7, 11) is 0. The summed E-state index contributed by atoms with van der Waals surface area (Å²) >= 11 is 0. The van der Waals surface area contributed by atoms with E-state index in [1.165, 1.54) is 87.6 Å². The second-order valence-corrected chi connectivity index (χ2v) is 36.9. The number of hydrogen-bond acceptors (Lipinski definition) is 1. The van der Waals surface area contributed by atoms with Gasteiger partial charge in [0.1, 0.15) is 0 Å². The molecule has 0 unspecified atom stereocenters. The fraction of sp³-hybridized carbons (Fsp3) is 0.344. The summed E-state index contributed by atoms with van der Waals surface area (Å²) < 4.78 is 10.5. The zero-order chi connectivity index (χ0) is 70.4. The third kappa shape index (κ3) is 10.9. The monoisotopic (exact) mass is 1290 g/mol. The Kier molecular flexibility index (Phi) is 14.8. The molecule has 5 heteroatoms. The standard InChI is InChI=1S/C93H101N5/c1-86(2,3)57-29-37-73-65(45-57)66-46-58(87(4,5)6)30-38-74(66)95(73)81-53-82(96-75-39-31-59(88(7,8)9)47-67(75)68-48-60(89(10,11)12)32-40-76(68)96)85(98-79-43-35-63(92(19,20)21)51-71(79)72-52-64(93(22,23)24)36-44-80(72)98)83(56-27-25-55(54-94)26-28-56)84(81)97-77-41-33-61(90(13,14)15)49-69(77)70-50-62(91(16,17)18)34-42-78(70)97/h25-53H,1-24H3. The topological polar surface area (TPSA) is 43.5 Å². The Labute approximate surface area is 582 Å². The van der Waals surface area contributed by atoms with Gasteiger partial charge >= 0.3 is 0 Å². The summed E-state index contributed by atoms with van der Waals surface area (Å²) in [5, 5.41) is 20.6. The highest BCUT2D eigenvalue weighted by molar-refractivity contribution is 6.17. The van der Waals surface area contributed by atoms with Gasteiger partial charge in [0.05, 0.1) is 78.5 Å². The number of benzene rings is 10. The quantitative estimate of drug-likeness (QED) is 0.169. The minimum Gasteiger partial charge on any atom is -0.307 e. The van der Waals surface area contributed by atoms with Crippen LogP contribution in [0.4, 0.5) is 0 Å². The van der Waals surface area contributed by atoms with Crippen molar-refractivity contribution < 1.29 is 0 Å². The van der Waals surface area contributed by atoms with Crippen LogP contribution >= 0.6 is 0 Å². The van der Waals surface area contributed by atoms with Gasteiger partial charge in [0.15, 0.2) is 0 Å².